The highest BCUT2D eigenvalue weighted by molar-refractivity contribution is 5.43. The number of hydrogen-bond donors (Lipinski definition) is 1. The summed E-state index contributed by atoms with van der Waals surface area (Å²) in [5.74, 6) is 1.35. The lowest BCUT2D eigenvalue weighted by Gasteiger charge is -2.11. The van der Waals surface area contributed by atoms with Gasteiger partial charge in [0, 0.05) is 19.5 Å². The zero-order valence-electron chi connectivity index (χ0n) is 10.4. The van der Waals surface area contributed by atoms with Gasteiger partial charge in [0.1, 0.15) is 0 Å². The molecule has 0 bridgehead atoms. The first-order chi connectivity index (χ1) is 9.04. The summed E-state index contributed by atoms with van der Waals surface area (Å²) in [7, 11) is 0. The summed E-state index contributed by atoms with van der Waals surface area (Å²) in [4.78, 5) is 0. The van der Waals surface area contributed by atoms with Gasteiger partial charge in [-0.3, -0.25) is 0 Å². The molecule has 0 saturated heterocycles. The minimum atomic E-state index is -4.11. The van der Waals surface area contributed by atoms with Gasteiger partial charge >= 0.3 is 6.18 Å². The molecule has 1 heterocycles. The third-order valence-electron chi connectivity index (χ3n) is 2.73. The second kappa shape index (κ2) is 6.14. The zero-order chi connectivity index (χ0) is 13.7. The molecule has 1 aromatic carbocycles. The molecule has 0 spiro atoms. The lowest BCUT2D eigenvalue weighted by molar-refractivity contribution is -0.133. The van der Waals surface area contributed by atoms with Crippen LogP contribution in [0.15, 0.2) is 18.2 Å². The van der Waals surface area contributed by atoms with E-state index in [4.69, 9.17) is 9.47 Å². The van der Waals surface area contributed by atoms with Crippen molar-refractivity contribution in [2.45, 2.75) is 25.6 Å². The fraction of sp³-hybridized carbons (Fsp3) is 0.538. The van der Waals surface area contributed by atoms with Gasteiger partial charge in [-0.15, -0.1) is 0 Å². The lowest BCUT2D eigenvalue weighted by atomic mass is 10.2. The first kappa shape index (κ1) is 14.0. The smallest absolute Gasteiger partial charge is 0.390 e. The highest BCUT2D eigenvalue weighted by Gasteiger charge is 2.25. The predicted molar refractivity (Wildman–Crippen MR) is 64.4 cm³/mol. The molecule has 0 radical (unpaired) electrons. The summed E-state index contributed by atoms with van der Waals surface area (Å²) in [6, 6.07) is 5.43. The first-order valence-electron chi connectivity index (χ1n) is 6.20. The van der Waals surface area contributed by atoms with E-state index in [1.807, 2.05) is 6.07 Å². The minimum absolute atomic E-state index is 0.0854. The van der Waals surface area contributed by atoms with E-state index in [1.54, 1.807) is 12.1 Å². The van der Waals surface area contributed by atoms with E-state index in [-0.39, 0.29) is 6.54 Å². The van der Waals surface area contributed by atoms with Crippen molar-refractivity contribution in [1.29, 1.82) is 0 Å². The maximum absolute atomic E-state index is 12.0. The lowest BCUT2D eigenvalue weighted by Crippen LogP contribution is -2.21. The van der Waals surface area contributed by atoms with Crippen LogP contribution in [-0.4, -0.2) is 25.9 Å². The summed E-state index contributed by atoms with van der Waals surface area (Å²) in [5.41, 5.74) is 0.881. The van der Waals surface area contributed by atoms with Gasteiger partial charge in [-0.1, -0.05) is 6.07 Å². The molecule has 0 saturated carbocycles. The van der Waals surface area contributed by atoms with Crippen molar-refractivity contribution in [1.82, 2.24) is 5.32 Å². The van der Waals surface area contributed by atoms with Gasteiger partial charge < -0.3 is 14.8 Å². The number of ether oxygens (including phenoxy) is 2. The van der Waals surface area contributed by atoms with Crippen LogP contribution in [0, 0.1) is 0 Å². The molecule has 2 rings (SSSR count). The van der Waals surface area contributed by atoms with Crippen molar-refractivity contribution in [3.8, 4) is 11.5 Å². The molecule has 0 unspecified atom stereocenters. The van der Waals surface area contributed by atoms with Crippen LogP contribution in [0.5, 0.6) is 11.5 Å². The topological polar surface area (TPSA) is 30.5 Å². The summed E-state index contributed by atoms with van der Waals surface area (Å²) in [6.45, 7) is 1.51. The molecular weight excluding hydrogens is 259 g/mol. The van der Waals surface area contributed by atoms with Crippen LogP contribution in [0.25, 0.3) is 0 Å². The Bertz CT molecular complexity index is 421. The maximum Gasteiger partial charge on any atom is 0.390 e. The van der Waals surface area contributed by atoms with Crippen LogP contribution in [0.2, 0.25) is 0 Å². The summed E-state index contributed by atoms with van der Waals surface area (Å²) in [5, 5.41) is 2.76. The van der Waals surface area contributed by atoms with E-state index in [0.29, 0.717) is 31.3 Å². The van der Waals surface area contributed by atoms with E-state index in [0.717, 1.165) is 12.0 Å². The Kier molecular flexibility index (Phi) is 4.52. The number of halogens is 3. The Labute approximate surface area is 109 Å². The molecule has 0 atom stereocenters. The molecule has 0 aliphatic carbocycles. The molecule has 1 aliphatic rings. The maximum atomic E-state index is 12.0. The molecule has 0 amide bonds. The minimum Gasteiger partial charge on any atom is -0.490 e. The molecule has 106 valence electrons. The molecule has 19 heavy (non-hydrogen) atoms. The van der Waals surface area contributed by atoms with E-state index >= 15 is 0 Å². The summed E-state index contributed by atoms with van der Waals surface area (Å²) < 4.78 is 46.9. The highest BCUT2D eigenvalue weighted by atomic mass is 19.4. The van der Waals surface area contributed by atoms with Gasteiger partial charge in [-0.2, -0.15) is 13.2 Å². The summed E-state index contributed by atoms with van der Waals surface area (Å²) in [6.07, 6.45) is -4.11. The van der Waals surface area contributed by atoms with E-state index in [9.17, 15) is 13.2 Å². The number of benzene rings is 1. The van der Waals surface area contributed by atoms with Crippen molar-refractivity contribution < 1.29 is 22.6 Å². The summed E-state index contributed by atoms with van der Waals surface area (Å²) >= 11 is 0. The molecule has 1 N–H and O–H groups in total. The number of nitrogens with one attached hydrogen (secondary N) is 1. The molecule has 1 aromatic rings. The van der Waals surface area contributed by atoms with Crippen molar-refractivity contribution in [3.05, 3.63) is 23.8 Å². The Morgan fingerprint density at radius 3 is 2.58 bits per heavy atom. The zero-order valence-corrected chi connectivity index (χ0v) is 10.4. The van der Waals surface area contributed by atoms with Gasteiger partial charge in [-0.05, 0) is 17.7 Å². The van der Waals surface area contributed by atoms with E-state index in [2.05, 4.69) is 5.32 Å². The van der Waals surface area contributed by atoms with Gasteiger partial charge in [-0.25, -0.2) is 0 Å². The highest BCUT2D eigenvalue weighted by Crippen LogP contribution is 2.30. The third kappa shape index (κ3) is 4.63. The third-order valence-corrected chi connectivity index (χ3v) is 2.73. The first-order valence-corrected chi connectivity index (χ1v) is 6.20. The average molecular weight is 275 g/mol. The van der Waals surface area contributed by atoms with Crippen molar-refractivity contribution >= 4 is 0 Å². The molecule has 0 fully saturated rings. The van der Waals surface area contributed by atoms with Crippen LogP contribution in [0.4, 0.5) is 13.2 Å². The normalized spacial score (nSPS) is 15.1. The van der Waals surface area contributed by atoms with Crippen LogP contribution < -0.4 is 14.8 Å². The molecular formula is C13H16F3NO2. The second-order valence-corrected chi connectivity index (χ2v) is 4.37. The average Bonchev–Trinajstić information content (AvgIpc) is 2.58. The molecule has 1 aliphatic heterocycles. The predicted octanol–water partition coefficient (Wildman–Crippen LogP) is 2.89. The molecule has 3 nitrogen and oxygen atoms in total. The van der Waals surface area contributed by atoms with Crippen molar-refractivity contribution in [2.75, 3.05) is 19.8 Å². The van der Waals surface area contributed by atoms with Crippen molar-refractivity contribution in [2.24, 2.45) is 0 Å². The fourth-order valence-electron chi connectivity index (χ4n) is 1.78. The molecule has 6 heteroatoms. The Balaban J connectivity index is 1.86. The van der Waals surface area contributed by atoms with Gasteiger partial charge in [0.2, 0.25) is 0 Å². The fourth-order valence-corrected chi connectivity index (χ4v) is 1.78. The number of fused-ring (bicyclic) bond motifs is 1. The van der Waals surface area contributed by atoms with Crippen molar-refractivity contribution in [3.63, 3.8) is 0 Å². The standard InChI is InChI=1S/C13H16F3NO2/c14-13(15,16)4-5-17-9-10-2-3-11-12(8-10)19-7-1-6-18-11/h2-3,8,17H,1,4-7,9H2. The molecule has 0 aromatic heterocycles. The SMILES string of the molecule is FC(F)(F)CCNCc1ccc2c(c1)OCCCO2. The largest absolute Gasteiger partial charge is 0.490 e. The van der Waals surface area contributed by atoms with Gasteiger partial charge in [0.25, 0.3) is 0 Å². The van der Waals surface area contributed by atoms with Gasteiger partial charge in [0.05, 0.1) is 19.6 Å². The monoisotopic (exact) mass is 275 g/mol. The van der Waals surface area contributed by atoms with Crippen LogP contribution >= 0.6 is 0 Å². The van der Waals surface area contributed by atoms with Gasteiger partial charge in [0.15, 0.2) is 11.5 Å². The quantitative estimate of drug-likeness (QED) is 0.857. The Morgan fingerprint density at radius 1 is 1.11 bits per heavy atom. The Morgan fingerprint density at radius 2 is 1.84 bits per heavy atom. The second-order valence-electron chi connectivity index (χ2n) is 4.37. The number of rotatable bonds is 4. The van der Waals surface area contributed by atoms with Crippen LogP contribution in [-0.2, 0) is 6.54 Å². The number of hydrogen-bond acceptors (Lipinski definition) is 3. The number of alkyl halides is 3. The Hall–Kier alpha value is -1.43. The van der Waals surface area contributed by atoms with E-state index in [1.165, 1.54) is 0 Å². The van der Waals surface area contributed by atoms with Crippen LogP contribution in [0.1, 0.15) is 18.4 Å². The van der Waals surface area contributed by atoms with E-state index < -0.39 is 12.6 Å². The van der Waals surface area contributed by atoms with Crippen LogP contribution in [0.3, 0.4) is 0 Å².